The third-order valence-electron chi connectivity index (χ3n) is 2.83. The molecule has 4 nitrogen and oxygen atoms in total. The number of ether oxygens (including phenoxy) is 2. The number of pyridine rings is 1. The van der Waals surface area contributed by atoms with Crippen molar-refractivity contribution in [2.45, 2.75) is 46.4 Å². The van der Waals surface area contributed by atoms with Gasteiger partial charge >= 0.3 is 0 Å². The summed E-state index contributed by atoms with van der Waals surface area (Å²) in [5.41, 5.74) is 1.97. The van der Waals surface area contributed by atoms with Gasteiger partial charge in [0.25, 0.3) is 0 Å². The summed E-state index contributed by atoms with van der Waals surface area (Å²) in [6.07, 6.45) is 1.80. The number of nitrogens with one attached hydrogen (secondary N) is 1. The highest BCUT2D eigenvalue weighted by molar-refractivity contribution is 5.21. The molecule has 108 valence electrons. The summed E-state index contributed by atoms with van der Waals surface area (Å²) >= 11 is 0. The van der Waals surface area contributed by atoms with Crippen molar-refractivity contribution in [3.63, 3.8) is 0 Å². The van der Waals surface area contributed by atoms with Crippen molar-refractivity contribution in [2.24, 2.45) is 0 Å². The van der Waals surface area contributed by atoms with Crippen molar-refractivity contribution in [1.82, 2.24) is 10.3 Å². The Labute approximate surface area is 116 Å². The maximum Gasteiger partial charge on any atom is 0.207 e. The van der Waals surface area contributed by atoms with E-state index >= 15 is 0 Å². The molecule has 0 unspecified atom stereocenters. The van der Waals surface area contributed by atoms with Gasteiger partial charge in [-0.25, -0.2) is 0 Å². The SMILES string of the molecule is CCOC(CNC(C)C)(OCC)c1ccnc(C)c1. The first kappa shape index (κ1) is 16.1. The Bertz CT molecular complexity index is 374. The minimum absolute atomic E-state index is 0.378. The summed E-state index contributed by atoms with van der Waals surface area (Å²) in [5.74, 6) is -0.735. The van der Waals surface area contributed by atoms with Gasteiger partial charge in [0, 0.05) is 36.7 Å². The largest absolute Gasteiger partial charge is 0.345 e. The Morgan fingerprint density at radius 2 is 1.89 bits per heavy atom. The maximum atomic E-state index is 5.95. The van der Waals surface area contributed by atoms with Crippen molar-refractivity contribution < 1.29 is 9.47 Å². The van der Waals surface area contributed by atoms with Gasteiger partial charge in [-0.05, 0) is 32.9 Å². The van der Waals surface area contributed by atoms with Crippen LogP contribution in [-0.4, -0.2) is 30.8 Å². The van der Waals surface area contributed by atoms with Crippen LogP contribution in [0.1, 0.15) is 39.0 Å². The van der Waals surface area contributed by atoms with E-state index in [4.69, 9.17) is 9.47 Å². The summed E-state index contributed by atoms with van der Waals surface area (Å²) in [4.78, 5) is 4.24. The second-order valence-corrected chi connectivity index (χ2v) is 4.84. The van der Waals surface area contributed by atoms with Crippen LogP contribution in [0.25, 0.3) is 0 Å². The third kappa shape index (κ3) is 4.56. The summed E-state index contributed by atoms with van der Waals surface area (Å²) in [5, 5.41) is 3.40. The molecule has 0 saturated heterocycles. The summed E-state index contributed by atoms with van der Waals surface area (Å²) in [7, 11) is 0. The van der Waals surface area contributed by atoms with Crippen LogP contribution in [0, 0.1) is 6.92 Å². The zero-order chi connectivity index (χ0) is 14.3. The molecule has 1 N–H and O–H groups in total. The quantitative estimate of drug-likeness (QED) is 0.735. The van der Waals surface area contributed by atoms with E-state index in [2.05, 4.69) is 24.1 Å². The van der Waals surface area contributed by atoms with Crippen molar-refractivity contribution in [3.8, 4) is 0 Å². The third-order valence-corrected chi connectivity index (χ3v) is 2.83. The lowest BCUT2D eigenvalue weighted by Gasteiger charge is -2.34. The lowest BCUT2D eigenvalue weighted by atomic mass is 10.1. The number of hydrogen-bond acceptors (Lipinski definition) is 4. The second-order valence-electron chi connectivity index (χ2n) is 4.84. The molecule has 19 heavy (non-hydrogen) atoms. The molecule has 0 aliphatic carbocycles. The molecule has 1 rings (SSSR count). The van der Waals surface area contributed by atoms with Crippen LogP contribution in [0.15, 0.2) is 18.3 Å². The monoisotopic (exact) mass is 266 g/mol. The topological polar surface area (TPSA) is 43.4 Å². The molecule has 0 aromatic carbocycles. The molecule has 0 aliphatic rings. The highest BCUT2D eigenvalue weighted by Crippen LogP contribution is 2.27. The molecular weight excluding hydrogens is 240 g/mol. The Morgan fingerprint density at radius 3 is 2.37 bits per heavy atom. The number of aromatic nitrogens is 1. The zero-order valence-corrected chi connectivity index (χ0v) is 12.7. The zero-order valence-electron chi connectivity index (χ0n) is 12.7. The fourth-order valence-electron chi connectivity index (χ4n) is 2.00. The molecule has 0 spiro atoms. The average molecular weight is 266 g/mol. The van der Waals surface area contributed by atoms with E-state index in [1.165, 1.54) is 0 Å². The van der Waals surface area contributed by atoms with Crippen LogP contribution in [0.3, 0.4) is 0 Å². The standard InChI is InChI=1S/C15H26N2O2/c1-6-18-15(19-7-2,11-17-12(3)4)14-8-9-16-13(5)10-14/h8-10,12,17H,6-7,11H2,1-5H3. The van der Waals surface area contributed by atoms with E-state index < -0.39 is 5.79 Å². The highest BCUT2D eigenvalue weighted by atomic mass is 16.7. The van der Waals surface area contributed by atoms with E-state index in [0.29, 0.717) is 25.8 Å². The van der Waals surface area contributed by atoms with Crippen LogP contribution >= 0.6 is 0 Å². The molecule has 0 saturated carbocycles. The van der Waals surface area contributed by atoms with Crippen LogP contribution in [-0.2, 0) is 15.3 Å². The van der Waals surface area contributed by atoms with Crippen molar-refractivity contribution >= 4 is 0 Å². The molecule has 0 amide bonds. The predicted molar refractivity (Wildman–Crippen MR) is 77.0 cm³/mol. The molecule has 1 aromatic rings. The average Bonchev–Trinajstić information content (AvgIpc) is 2.36. The summed E-state index contributed by atoms with van der Waals surface area (Å²) in [6, 6.07) is 4.36. The second kappa shape index (κ2) is 7.58. The Morgan fingerprint density at radius 1 is 1.26 bits per heavy atom. The minimum Gasteiger partial charge on any atom is -0.345 e. The summed E-state index contributed by atoms with van der Waals surface area (Å²) < 4.78 is 11.9. The molecular formula is C15H26N2O2. The molecule has 0 fully saturated rings. The predicted octanol–water partition coefficient (Wildman–Crippen LogP) is 2.61. The number of rotatable bonds is 8. The van der Waals surface area contributed by atoms with Gasteiger partial charge in [-0.1, -0.05) is 13.8 Å². The van der Waals surface area contributed by atoms with Crippen molar-refractivity contribution in [1.29, 1.82) is 0 Å². The van der Waals surface area contributed by atoms with Gasteiger partial charge in [-0.3, -0.25) is 4.98 Å². The normalized spacial score (nSPS) is 12.1. The molecule has 1 aromatic heterocycles. The molecule has 0 aliphatic heterocycles. The molecule has 0 atom stereocenters. The van der Waals surface area contributed by atoms with Gasteiger partial charge in [0.05, 0.1) is 6.54 Å². The molecule has 0 radical (unpaired) electrons. The van der Waals surface area contributed by atoms with Crippen LogP contribution < -0.4 is 5.32 Å². The van der Waals surface area contributed by atoms with E-state index in [1.54, 1.807) is 6.20 Å². The lowest BCUT2D eigenvalue weighted by Crippen LogP contribution is -2.45. The fourth-order valence-corrected chi connectivity index (χ4v) is 2.00. The fraction of sp³-hybridized carbons (Fsp3) is 0.667. The number of nitrogens with zero attached hydrogens (tertiary/aromatic N) is 1. The van der Waals surface area contributed by atoms with Gasteiger partial charge in [0.1, 0.15) is 0 Å². The van der Waals surface area contributed by atoms with Gasteiger partial charge in [-0.2, -0.15) is 0 Å². The molecule has 1 heterocycles. The van der Waals surface area contributed by atoms with Gasteiger partial charge < -0.3 is 14.8 Å². The highest BCUT2D eigenvalue weighted by Gasteiger charge is 2.34. The van der Waals surface area contributed by atoms with Gasteiger partial charge in [0.15, 0.2) is 0 Å². The minimum atomic E-state index is -0.735. The molecule has 4 heteroatoms. The molecule has 0 bridgehead atoms. The van der Waals surface area contributed by atoms with E-state index in [1.807, 2.05) is 32.9 Å². The first-order valence-corrected chi connectivity index (χ1v) is 6.98. The van der Waals surface area contributed by atoms with E-state index in [0.717, 1.165) is 11.3 Å². The van der Waals surface area contributed by atoms with E-state index in [-0.39, 0.29) is 0 Å². The van der Waals surface area contributed by atoms with Gasteiger partial charge in [-0.15, -0.1) is 0 Å². The maximum absolute atomic E-state index is 5.95. The Kier molecular flexibility index (Phi) is 6.42. The number of hydrogen-bond donors (Lipinski definition) is 1. The van der Waals surface area contributed by atoms with Crippen LogP contribution in [0.2, 0.25) is 0 Å². The van der Waals surface area contributed by atoms with Crippen molar-refractivity contribution in [2.75, 3.05) is 19.8 Å². The van der Waals surface area contributed by atoms with Crippen molar-refractivity contribution in [3.05, 3.63) is 29.6 Å². The van der Waals surface area contributed by atoms with Crippen LogP contribution in [0.4, 0.5) is 0 Å². The lowest BCUT2D eigenvalue weighted by molar-refractivity contribution is -0.239. The smallest absolute Gasteiger partial charge is 0.207 e. The van der Waals surface area contributed by atoms with Crippen LogP contribution in [0.5, 0.6) is 0 Å². The Hall–Kier alpha value is -0.970. The first-order valence-electron chi connectivity index (χ1n) is 6.98. The number of aryl methyl sites for hydroxylation is 1. The van der Waals surface area contributed by atoms with Gasteiger partial charge in [0.2, 0.25) is 5.79 Å². The Balaban J connectivity index is 3.06. The first-order chi connectivity index (χ1) is 9.04. The summed E-state index contributed by atoms with van der Waals surface area (Å²) in [6.45, 7) is 12.0. The van der Waals surface area contributed by atoms with E-state index in [9.17, 15) is 0 Å².